The Morgan fingerprint density at radius 2 is 2.07 bits per heavy atom. The van der Waals surface area contributed by atoms with Crippen molar-refractivity contribution in [2.75, 3.05) is 13.7 Å². The van der Waals surface area contributed by atoms with Crippen LogP contribution < -0.4 is 10.1 Å². The number of rotatable bonds is 5. The van der Waals surface area contributed by atoms with Gasteiger partial charge in [-0.2, -0.15) is 0 Å². The van der Waals surface area contributed by atoms with E-state index < -0.39 is 17.3 Å². The first kappa shape index (κ1) is 20.7. The minimum Gasteiger partial charge on any atom is -0.497 e. The molecular formula is C22H24FN3O3. The van der Waals surface area contributed by atoms with Crippen LogP contribution in [0.2, 0.25) is 0 Å². The first-order valence-electron chi connectivity index (χ1n) is 9.40. The summed E-state index contributed by atoms with van der Waals surface area (Å²) in [6.45, 7) is 3.75. The maximum Gasteiger partial charge on any atom is 0.258 e. The van der Waals surface area contributed by atoms with Gasteiger partial charge in [0.25, 0.3) is 5.91 Å². The molecule has 1 aromatic carbocycles. The number of halogens is 1. The van der Waals surface area contributed by atoms with Crippen LogP contribution in [-0.4, -0.2) is 35.5 Å². The van der Waals surface area contributed by atoms with Crippen molar-refractivity contribution in [3.8, 4) is 5.75 Å². The number of nitrogens with zero attached hydrogens (tertiary/aromatic N) is 2. The monoisotopic (exact) mass is 397 g/mol. The molecule has 0 spiro atoms. The number of ether oxygens (including phenoxy) is 1. The summed E-state index contributed by atoms with van der Waals surface area (Å²) in [6.07, 6.45) is 6.40. The lowest BCUT2D eigenvalue weighted by atomic mass is 9.78. The number of pyridine rings is 1. The van der Waals surface area contributed by atoms with Crippen molar-refractivity contribution in [1.82, 2.24) is 10.3 Å². The zero-order chi connectivity index (χ0) is 21.0. The molecule has 2 heterocycles. The Balaban J connectivity index is 1.72. The molecule has 2 atom stereocenters. The number of carbonyl (C=O) groups excluding carboxylic acids is 1. The number of aliphatic hydroxyl groups is 1. The van der Waals surface area contributed by atoms with Crippen LogP contribution in [0.5, 0.6) is 5.75 Å². The Bertz CT molecular complexity index is 956. The number of hydrogen-bond acceptors (Lipinski definition) is 5. The fourth-order valence-corrected chi connectivity index (χ4v) is 3.38. The number of carbonyl (C=O) groups is 1. The van der Waals surface area contributed by atoms with Gasteiger partial charge in [0.15, 0.2) is 0 Å². The average molecular weight is 397 g/mol. The largest absolute Gasteiger partial charge is 0.497 e. The molecule has 1 aliphatic heterocycles. The predicted octanol–water partition coefficient (Wildman–Crippen LogP) is 3.15. The van der Waals surface area contributed by atoms with E-state index in [4.69, 9.17) is 4.74 Å². The molecule has 0 radical (unpaired) electrons. The molecule has 1 amide bonds. The van der Waals surface area contributed by atoms with Gasteiger partial charge in [-0.05, 0) is 37.1 Å². The lowest BCUT2D eigenvalue weighted by Gasteiger charge is -2.35. The summed E-state index contributed by atoms with van der Waals surface area (Å²) in [6, 6.07) is 7.31. The fourth-order valence-electron chi connectivity index (χ4n) is 3.38. The highest BCUT2D eigenvalue weighted by molar-refractivity contribution is 6.10. The Morgan fingerprint density at radius 1 is 1.34 bits per heavy atom. The third kappa shape index (κ3) is 4.19. The molecule has 3 rings (SSSR count). The molecular weight excluding hydrogens is 373 g/mol. The first-order chi connectivity index (χ1) is 13.9. The second-order valence-electron chi connectivity index (χ2n) is 6.95. The van der Waals surface area contributed by atoms with Crippen LogP contribution >= 0.6 is 0 Å². The van der Waals surface area contributed by atoms with E-state index >= 15 is 0 Å². The van der Waals surface area contributed by atoms with E-state index in [0.717, 1.165) is 17.5 Å². The van der Waals surface area contributed by atoms with Gasteiger partial charge in [0.1, 0.15) is 17.4 Å². The van der Waals surface area contributed by atoms with Gasteiger partial charge in [0.05, 0.1) is 31.0 Å². The van der Waals surface area contributed by atoms with Crippen molar-refractivity contribution < 1.29 is 19.0 Å². The van der Waals surface area contributed by atoms with Crippen molar-refractivity contribution >= 4 is 11.7 Å². The molecule has 0 aliphatic carbocycles. The molecule has 1 aromatic heterocycles. The minimum absolute atomic E-state index is 0.159. The van der Waals surface area contributed by atoms with Crippen molar-refractivity contribution in [3.63, 3.8) is 0 Å². The van der Waals surface area contributed by atoms with Gasteiger partial charge in [-0.25, -0.2) is 4.39 Å². The summed E-state index contributed by atoms with van der Waals surface area (Å²) in [4.78, 5) is 20.5. The number of nitrogens with one attached hydrogen (secondary N) is 1. The number of amidine groups is 1. The van der Waals surface area contributed by atoms with E-state index in [0.29, 0.717) is 18.8 Å². The van der Waals surface area contributed by atoms with E-state index in [1.54, 1.807) is 13.2 Å². The lowest BCUT2D eigenvalue weighted by molar-refractivity contribution is -0.00672. The van der Waals surface area contributed by atoms with Crippen LogP contribution in [-0.2, 0) is 5.60 Å². The zero-order valence-corrected chi connectivity index (χ0v) is 16.6. The van der Waals surface area contributed by atoms with Gasteiger partial charge in [-0.3, -0.25) is 14.8 Å². The van der Waals surface area contributed by atoms with E-state index in [1.807, 2.05) is 37.3 Å². The quantitative estimate of drug-likeness (QED) is 0.812. The Labute approximate surface area is 169 Å². The molecule has 29 heavy (non-hydrogen) atoms. The number of benzene rings is 1. The number of aromatic nitrogens is 1. The number of hydrogen-bond donors (Lipinski definition) is 2. The Kier molecular flexibility index (Phi) is 6.08. The van der Waals surface area contributed by atoms with Crippen molar-refractivity contribution in [1.29, 1.82) is 0 Å². The zero-order valence-electron chi connectivity index (χ0n) is 16.6. The number of amides is 1. The summed E-state index contributed by atoms with van der Waals surface area (Å²) >= 11 is 0. The van der Waals surface area contributed by atoms with E-state index in [2.05, 4.69) is 15.3 Å². The first-order valence-corrected chi connectivity index (χ1v) is 9.40. The number of aliphatic imine (C=N–C) groups is 1. The molecule has 2 aromatic rings. The van der Waals surface area contributed by atoms with E-state index in [-0.39, 0.29) is 17.0 Å². The van der Waals surface area contributed by atoms with Gasteiger partial charge >= 0.3 is 0 Å². The third-order valence-electron chi connectivity index (χ3n) is 5.33. The van der Waals surface area contributed by atoms with Gasteiger partial charge in [-0.1, -0.05) is 25.1 Å². The highest BCUT2D eigenvalue weighted by Crippen LogP contribution is 2.36. The maximum absolute atomic E-state index is 13.6. The molecule has 0 saturated carbocycles. The number of methoxy groups -OCH3 is 1. The highest BCUT2D eigenvalue weighted by Gasteiger charge is 2.36. The Morgan fingerprint density at radius 3 is 2.66 bits per heavy atom. The van der Waals surface area contributed by atoms with Crippen LogP contribution in [0, 0.1) is 18.7 Å². The molecule has 0 saturated heterocycles. The van der Waals surface area contributed by atoms with Crippen LogP contribution in [0.3, 0.4) is 0 Å². The molecule has 1 aliphatic rings. The summed E-state index contributed by atoms with van der Waals surface area (Å²) in [5.41, 5.74) is 0.0759. The minimum atomic E-state index is -1.09. The highest BCUT2D eigenvalue weighted by atomic mass is 19.1. The molecule has 6 nitrogen and oxygen atoms in total. The molecule has 7 heteroatoms. The van der Waals surface area contributed by atoms with Gasteiger partial charge in [0.2, 0.25) is 0 Å². The van der Waals surface area contributed by atoms with Crippen LogP contribution in [0.4, 0.5) is 4.39 Å². The van der Waals surface area contributed by atoms with E-state index in [9.17, 15) is 14.3 Å². The third-order valence-corrected chi connectivity index (χ3v) is 5.33. The lowest BCUT2D eigenvalue weighted by Crippen LogP contribution is -2.39. The number of dihydropyridines is 1. The molecule has 0 fully saturated rings. The standard InChI is InChI=1S/C22H24FN3O3/c1-4-22(28,15-5-8-17(29-3)9-6-15)16-7-10-20(25-11-16)26-21(27)18-12-24-13-19(23)14(18)2/h5-10,12-13,16,28H,4,11H2,1-3H3,(H,25,26,27). The SMILES string of the molecule is CCC(O)(c1ccc(OC)cc1)C1C=CC(NC(=O)c2cncc(F)c2C)=NC1. The van der Waals surface area contributed by atoms with Gasteiger partial charge in [-0.15, -0.1) is 0 Å². The molecule has 0 bridgehead atoms. The molecule has 2 unspecified atom stereocenters. The fraction of sp³-hybridized carbons (Fsp3) is 0.318. The maximum atomic E-state index is 13.6. The molecule has 152 valence electrons. The average Bonchev–Trinajstić information content (AvgIpc) is 2.75. The van der Waals surface area contributed by atoms with Crippen molar-refractivity contribution in [2.24, 2.45) is 10.9 Å². The topological polar surface area (TPSA) is 83.8 Å². The second-order valence-corrected chi connectivity index (χ2v) is 6.95. The smallest absolute Gasteiger partial charge is 0.258 e. The second kappa shape index (κ2) is 8.53. The summed E-state index contributed by atoms with van der Waals surface area (Å²) in [5, 5.41) is 14.0. The van der Waals surface area contributed by atoms with Gasteiger partial charge in [0, 0.05) is 17.7 Å². The predicted molar refractivity (Wildman–Crippen MR) is 109 cm³/mol. The van der Waals surface area contributed by atoms with E-state index in [1.165, 1.54) is 13.1 Å². The molecule has 2 N–H and O–H groups in total. The Hall–Kier alpha value is -3.06. The van der Waals surface area contributed by atoms with Crippen molar-refractivity contribution in [2.45, 2.75) is 25.9 Å². The summed E-state index contributed by atoms with van der Waals surface area (Å²) < 4.78 is 18.8. The summed E-state index contributed by atoms with van der Waals surface area (Å²) in [7, 11) is 1.59. The van der Waals surface area contributed by atoms with Crippen molar-refractivity contribution in [3.05, 3.63) is 71.3 Å². The van der Waals surface area contributed by atoms with Crippen LogP contribution in [0.25, 0.3) is 0 Å². The van der Waals surface area contributed by atoms with Crippen LogP contribution in [0.15, 0.2) is 53.8 Å². The summed E-state index contributed by atoms with van der Waals surface area (Å²) in [5.74, 6) is -0.178. The van der Waals surface area contributed by atoms with Gasteiger partial charge < -0.3 is 15.2 Å². The normalized spacial score (nSPS) is 18.0. The van der Waals surface area contributed by atoms with Crippen LogP contribution in [0.1, 0.15) is 34.8 Å².